The number of ether oxygens (including phenoxy) is 1. The van der Waals surface area contributed by atoms with Crippen LogP contribution in [0.4, 0.5) is 0 Å². The van der Waals surface area contributed by atoms with Crippen LogP contribution in [-0.4, -0.2) is 43.3 Å². The highest BCUT2D eigenvalue weighted by Crippen LogP contribution is 2.18. The van der Waals surface area contributed by atoms with Crippen molar-refractivity contribution in [3.05, 3.63) is 0 Å². The molecule has 0 spiro atoms. The van der Waals surface area contributed by atoms with Crippen molar-refractivity contribution in [3.8, 4) is 0 Å². The van der Waals surface area contributed by atoms with Gasteiger partial charge in [-0.3, -0.25) is 4.90 Å². The Morgan fingerprint density at radius 1 is 1.37 bits per heavy atom. The monoisotopic (exact) mass is 305 g/mol. The van der Waals surface area contributed by atoms with Gasteiger partial charge in [-0.2, -0.15) is 0 Å². The Bertz CT molecular complexity index is 253. The topological polar surface area (TPSA) is 12.5 Å². The summed E-state index contributed by atoms with van der Waals surface area (Å²) in [4.78, 5) is 2.52. The van der Waals surface area contributed by atoms with Crippen LogP contribution in [0.25, 0.3) is 0 Å². The van der Waals surface area contributed by atoms with Crippen molar-refractivity contribution in [2.24, 2.45) is 11.8 Å². The van der Waals surface area contributed by atoms with Gasteiger partial charge in [0.25, 0.3) is 0 Å². The molecule has 0 saturated carbocycles. The Hall–Kier alpha value is 0.490. The largest absolute Gasteiger partial charge is 0.381 e. The molecule has 0 amide bonds. The molecule has 2 unspecified atom stereocenters. The van der Waals surface area contributed by atoms with Gasteiger partial charge in [0, 0.05) is 19.1 Å². The number of hydrogen-bond acceptors (Lipinski definition) is 3. The van der Waals surface area contributed by atoms with Crippen LogP contribution in [0.15, 0.2) is 0 Å². The molecule has 19 heavy (non-hydrogen) atoms. The SMILES string of the molecule is CCC(C)CCCOCC1CCN(CS(C)=S)CC1. The number of likely N-dealkylation sites (tertiary alicyclic amines) is 1. The minimum atomic E-state index is 0.140. The van der Waals surface area contributed by atoms with Crippen molar-refractivity contribution in [3.63, 3.8) is 0 Å². The van der Waals surface area contributed by atoms with Gasteiger partial charge in [0.05, 0.1) is 0 Å². The fourth-order valence-electron chi connectivity index (χ4n) is 2.53. The molecule has 4 heteroatoms. The molecule has 0 aromatic rings. The molecule has 2 nitrogen and oxygen atoms in total. The highest BCUT2D eigenvalue weighted by molar-refractivity contribution is 8.28. The molecule has 2 atom stereocenters. The zero-order chi connectivity index (χ0) is 14.1. The van der Waals surface area contributed by atoms with Crippen LogP contribution in [-0.2, 0) is 25.4 Å². The van der Waals surface area contributed by atoms with Gasteiger partial charge in [0.15, 0.2) is 0 Å². The fraction of sp³-hybridized carbons (Fsp3) is 1.00. The zero-order valence-electron chi connectivity index (χ0n) is 12.9. The summed E-state index contributed by atoms with van der Waals surface area (Å²) in [7, 11) is 0.140. The molecule has 0 aliphatic carbocycles. The highest BCUT2D eigenvalue weighted by atomic mass is 32.8. The molecule has 114 valence electrons. The van der Waals surface area contributed by atoms with Crippen molar-refractivity contribution in [1.82, 2.24) is 4.90 Å². The van der Waals surface area contributed by atoms with Crippen molar-refractivity contribution in [2.75, 3.05) is 38.4 Å². The molecule has 1 heterocycles. The smallest absolute Gasteiger partial charge is 0.0495 e. The molecule has 1 aliphatic heterocycles. The first-order chi connectivity index (χ1) is 9.11. The van der Waals surface area contributed by atoms with Gasteiger partial charge in [-0.15, -0.1) is 9.45 Å². The Labute approximate surface area is 126 Å². The minimum absolute atomic E-state index is 0.140. The van der Waals surface area contributed by atoms with Gasteiger partial charge in [-0.05, 0) is 56.9 Å². The second-order valence-corrected chi connectivity index (χ2v) is 9.11. The third-order valence-electron chi connectivity index (χ3n) is 4.11. The van der Waals surface area contributed by atoms with E-state index in [1.165, 1.54) is 45.2 Å². The summed E-state index contributed by atoms with van der Waals surface area (Å²) in [5, 5.41) is 0. The van der Waals surface area contributed by atoms with E-state index in [-0.39, 0.29) is 9.45 Å². The van der Waals surface area contributed by atoms with Crippen LogP contribution in [0, 0.1) is 11.8 Å². The van der Waals surface area contributed by atoms with Crippen LogP contribution in [0.5, 0.6) is 0 Å². The van der Waals surface area contributed by atoms with E-state index >= 15 is 0 Å². The molecular formula is C15H31NOS2. The van der Waals surface area contributed by atoms with E-state index in [4.69, 9.17) is 15.9 Å². The molecule has 1 fully saturated rings. The predicted octanol–water partition coefficient (Wildman–Crippen LogP) is 3.21. The van der Waals surface area contributed by atoms with E-state index in [0.717, 1.165) is 30.9 Å². The third-order valence-corrected chi connectivity index (χ3v) is 5.15. The summed E-state index contributed by atoms with van der Waals surface area (Å²) in [5.41, 5.74) is 0. The molecule has 0 N–H and O–H groups in total. The number of hydrogen-bond donors (Lipinski definition) is 0. The van der Waals surface area contributed by atoms with E-state index in [0.29, 0.717) is 0 Å². The van der Waals surface area contributed by atoms with Gasteiger partial charge >= 0.3 is 0 Å². The maximum absolute atomic E-state index is 5.85. The van der Waals surface area contributed by atoms with Crippen LogP contribution < -0.4 is 0 Å². The lowest BCUT2D eigenvalue weighted by molar-refractivity contribution is 0.0675. The van der Waals surface area contributed by atoms with E-state index in [1.54, 1.807) is 0 Å². The number of nitrogens with zero attached hydrogens (tertiary/aromatic N) is 1. The predicted molar refractivity (Wildman–Crippen MR) is 89.3 cm³/mol. The average Bonchev–Trinajstić information content (AvgIpc) is 2.39. The standard InChI is InChI=1S/C15H31NOS2/c1-4-14(2)6-5-11-17-12-15-7-9-16(10-8-15)13-19(3)18/h14-15H,4-13H2,1-3H3. The van der Waals surface area contributed by atoms with Gasteiger partial charge in [-0.1, -0.05) is 31.5 Å². The lowest BCUT2D eigenvalue weighted by Crippen LogP contribution is -2.36. The fourth-order valence-corrected chi connectivity index (χ4v) is 3.75. The summed E-state index contributed by atoms with van der Waals surface area (Å²) in [5.74, 6) is 2.74. The first-order valence-corrected chi connectivity index (χ1v) is 10.4. The Morgan fingerprint density at radius 2 is 2.05 bits per heavy atom. The second-order valence-electron chi connectivity index (χ2n) is 5.99. The normalized spacial score (nSPS) is 21.4. The molecule has 1 aliphatic rings. The molecule has 1 rings (SSSR count). The summed E-state index contributed by atoms with van der Waals surface area (Å²) >= 11 is 5.28. The average molecular weight is 306 g/mol. The molecule has 0 bridgehead atoms. The Morgan fingerprint density at radius 3 is 2.63 bits per heavy atom. The van der Waals surface area contributed by atoms with Gasteiger partial charge in [0.1, 0.15) is 0 Å². The second kappa shape index (κ2) is 10.3. The van der Waals surface area contributed by atoms with Crippen LogP contribution >= 0.6 is 0 Å². The van der Waals surface area contributed by atoms with Crippen LogP contribution in [0.2, 0.25) is 0 Å². The lowest BCUT2D eigenvalue weighted by atomic mass is 9.98. The van der Waals surface area contributed by atoms with Crippen molar-refractivity contribution in [1.29, 1.82) is 0 Å². The van der Waals surface area contributed by atoms with Gasteiger partial charge < -0.3 is 4.74 Å². The summed E-state index contributed by atoms with van der Waals surface area (Å²) in [6.45, 7) is 8.96. The van der Waals surface area contributed by atoms with E-state index in [9.17, 15) is 0 Å². The van der Waals surface area contributed by atoms with Crippen molar-refractivity contribution < 1.29 is 4.74 Å². The first-order valence-electron chi connectivity index (χ1n) is 7.72. The lowest BCUT2D eigenvalue weighted by Gasteiger charge is -2.31. The molecule has 0 aromatic carbocycles. The molecular weight excluding hydrogens is 274 g/mol. The minimum Gasteiger partial charge on any atom is -0.381 e. The summed E-state index contributed by atoms with van der Waals surface area (Å²) in [6.07, 6.45) is 8.56. The maximum Gasteiger partial charge on any atom is 0.0495 e. The number of rotatable bonds is 9. The molecule has 0 radical (unpaired) electrons. The molecule has 1 saturated heterocycles. The van der Waals surface area contributed by atoms with E-state index in [1.807, 2.05) is 0 Å². The zero-order valence-corrected chi connectivity index (χ0v) is 14.5. The Balaban J connectivity index is 1.99. The van der Waals surface area contributed by atoms with Gasteiger partial charge in [-0.25, -0.2) is 0 Å². The Kier molecular flexibility index (Phi) is 9.46. The van der Waals surface area contributed by atoms with E-state index < -0.39 is 0 Å². The highest BCUT2D eigenvalue weighted by Gasteiger charge is 2.19. The van der Waals surface area contributed by atoms with Crippen LogP contribution in [0.1, 0.15) is 46.0 Å². The van der Waals surface area contributed by atoms with Gasteiger partial charge in [0.2, 0.25) is 0 Å². The first kappa shape index (κ1) is 17.5. The van der Waals surface area contributed by atoms with E-state index in [2.05, 4.69) is 25.0 Å². The van der Waals surface area contributed by atoms with Crippen molar-refractivity contribution >= 4 is 20.6 Å². The summed E-state index contributed by atoms with van der Waals surface area (Å²) in [6, 6.07) is 0. The van der Waals surface area contributed by atoms with Crippen molar-refractivity contribution in [2.45, 2.75) is 46.0 Å². The van der Waals surface area contributed by atoms with Crippen LogP contribution in [0.3, 0.4) is 0 Å². The molecule has 0 aromatic heterocycles. The summed E-state index contributed by atoms with van der Waals surface area (Å²) < 4.78 is 5.85. The number of piperidine rings is 1. The maximum atomic E-state index is 5.85. The quantitative estimate of drug-likeness (QED) is 0.607. The third kappa shape index (κ3) is 8.38.